The number of nitrogens with one attached hydrogen (secondary N) is 1. The molecule has 1 heterocycles. The maximum Gasteiger partial charge on any atom is 0.336 e. The number of aliphatic hydroxyl groups excluding tert-OH is 1. The van der Waals surface area contributed by atoms with Gasteiger partial charge in [-0.2, -0.15) is 0 Å². The molecule has 4 nitrogen and oxygen atoms in total. The van der Waals surface area contributed by atoms with E-state index in [9.17, 15) is 9.90 Å². The van der Waals surface area contributed by atoms with E-state index >= 15 is 0 Å². The van der Waals surface area contributed by atoms with Crippen LogP contribution in [0.1, 0.15) is 6.92 Å². The van der Waals surface area contributed by atoms with Crippen molar-refractivity contribution in [1.29, 1.82) is 0 Å². The lowest BCUT2D eigenvalue weighted by molar-refractivity contribution is -0.145. The first-order valence-corrected chi connectivity index (χ1v) is 3.74. The van der Waals surface area contributed by atoms with Crippen molar-refractivity contribution in [2.75, 3.05) is 6.61 Å². The maximum atomic E-state index is 11.1. The molecular weight excluding hydrogens is 158 g/mol. The highest BCUT2D eigenvalue weighted by molar-refractivity contribution is 5.79. The molecule has 0 aliphatic carbocycles. The van der Waals surface area contributed by atoms with E-state index in [-0.39, 0.29) is 5.76 Å². The number of esters is 1. The van der Waals surface area contributed by atoms with Gasteiger partial charge in [0.15, 0.2) is 6.04 Å². The lowest BCUT2D eigenvalue weighted by Crippen LogP contribution is -2.37. The summed E-state index contributed by atoms with van der Waals surface area (Å²) in [5, 5.41) is 11.9. The quantitative estimate of drug-likeness (QED) is 0.590. The highest BCUT2D eigenvalue weighted by Gasteiger charge is 2.23. The Morgan fingerprint density at radius 3 is 3.17 bits per heavy atom. The summed E-state index contributed by atoms with van der Waals surface area (Å²) in [6.45, 7) is 2.03. The average Bonchev–Trinajstić information content (AvgIpc) is 2.05. The SMILES string of the molecule is CCOC(=O)C1NC=CC=C1O. The Morgan fingerprint density at radius 1 is 1.83 bits per heavy atom. The first-order chi connectivity index (χ1) is 5.75. The molecule has 0 bridgehead atoms. The molecule has 12 heavy (non-hydrogen) atoms. The van der Waals surface area contributed by atoms with Crippen molar-refractivity contribution in [1.82, 2.24) is 5.32 Å². The Hall–Kier alpha value is -1.45. The van der Waals surface area contributed by atoms with Crippen molar-refractivity contribution in [2.24, 2.45) is 0 Å². The van der Waals surface area contributed by atoms with E-state index in [4.69, 9.17) is 4.74 Å². The van der Waals surface area contributed by atoms with E-state index in [0.29, 0.717) is 6.61 Å². The van der Waals surface area contributed by atoms with Crippen LogP contribution in [0.25, 0.3) is 0 Å². The van der Waals surface area contributed by atoms with Gasteiger partial charge in [0.05, 0.1) is 6.61 Å². The van der Waals surface area contributed by atoms with E-state index in [1.807, 2.05) is 0 Å². The highest BCUT2D eigenvalue weighted by Crippen LogP contribution is 2.05. The number of carbonyl (C=O) groups is 1. The van der Waals surface area contributed by atoms with Gasteiger partial charge in [-0.3, -0.25) is 0 Å². The maximum absolute atomic E-state index is 11.1. The molecule has 1 rings (SSSR count). The Kier molecular flexibility index (Phi) is 2.74. The zero-order chi connectivity index (χ0) is 8.97. The fourth-order valence-electron chi connectivity index (χ4n) is 0.894. The lowest BCUT2D eigenvalue weighted by atomic mass is 10.2. The summed E-state index contributed by atoms with van der Waals surface area (Å²) in [6.07, 6.45) is 4.66. The van der Waals surface area contributed by atoms with E-state index in [2.05, 4.69) is 5.32 Å². The summed E-state index contributed by atoms with van der Waals surface area (Å²) < 4.78 is 4.72. The largest absolute Gasteiger partial charge is 0.509 e. The first kappa shape index (κ1) is 8.64. The highest BCUT2D eigenvalue weighted by atomic mass is 16.5. The number of rotatable bonds is 2. The van der Waals surface area contributed by atoms with Crippen molar-refractivity contribution in [2.45, 2.75) is 13.0 Å². The molecule has 2 N–H and O–H groups in total. The third-order valence-electron chi connectivity index (χ3n) is 1.44. The minimum atomic E-state index is -0.741. The number of hydrogen-bond acceptors (Lipinski definition) is 4. The predicted molar refractivity (Wildman–Crippen MR) is 43.4 cm³/mol. The Balaban J connectivity index is 2.58. The van der Waals surface area contributed by atoms with Crippen LogP contribution in [-0.4, -0.2) is 23.7 Å². The first-order valence-electron chi connectivity index (χ1n) is 3.74. The molecule has 0 radical (unpaired) electrons. The molecule has 0 saturated heterocycles. The molecule has 4 heteroatoms. The lowest BCUT2D eigenvalue weighted by Gasteiger charge is -2.16. The van der Waals surface area contributed by atoms with Gasteiger partial charge in [-0.15, -0.1) is 0 Å². The van der Waals surface area contributed by atoms with E-state index in [0.717, 1.165) is 0 Å². The van der Waals surface area contributed by atoms with E-state index < -0.39 is 12.0 Å². The van der Waals surface area contributed by atoms with Crippen LogP contribution in [0.2, 0.25) is 0 Å². The fraction of sp³-hybridized carbons (Fsp3) is 0.375. The van der Waals surface area contributed by atoms with Gasteiger partial charge in [-0.05, 0) is 25.3 Å². The molecule has 0 spiro atoms. The monoisotopic (exact) mass is 169 g/mol. The van der Waals surface area contributed by atoms with Crippen LogP contribution in [0.4, 0.5) is 0 Å². The number of aliphatic hydroxyl groups is 1. The number of carbonyl (C=O) groups excluding carboxylic acids is 1. The molecule has 0 aromatic carbocycles. The summed E-state index contributed by atoms with van der Waals surface area (Å²) >= 11 is 0. The summed E-state index contributed by atoms with van der Waals surface area (Å²) in [4.78, 5) is 11.1. The predicted octanol–water partition coefficient (Wildman–Crippen LogP) is 0.477. The molecule has 0 aromatic rings. The molecule has 1 unspecified atom stereocenters. The Bertz CT molecular complexity index is 232. The number of allylic oxidation sites excluding steroid dienone is 2. The third-order valence-corrected chi connectivity index (χ3v) is 1.44. The number of ether oxygens (including phenoxy) is 1. The topological polar surface area (TPSA) is 58.6 Å². The average molecular weight is 169 g/mol. The molecule has 1 aliphatic rings. The molecule has 0 aromatic heterocycles. The molecule has 66 valence electrons. The Morgan fingerprint density at radius 2 is 2.58 bits per heavy atom. The summed E-state index contributed by atoms with van der Waals surface area (Å²) in [5.74, 6) is -0.480. The second-order valence-corrected chi connectivity index (χ2v) is 2.30. The van der Waals surface area contributed by atoms with Gasteiger partial charge in [0.1, 0.15) is 5.76 Å². The van der Waals surface area contributed by atoms with Crippen LogP contribution in [-0.2, 0) is 9.53 Å². The second-order valence-electron chi connectivity index (χ2n) is 2.30. The minimum absolute atomic E-state index is 0.0176. The molecule has 0 fully saturated rings. The molecule has 1 atom stereocenters. The third kappa shape index (κ3) is 1.78. The van der Waals surface area contributed by atoms with Gasteiger partial charge in [-0.1, -0.05) is 0 Å². The second kappa shape index (κ2) is 3.80. The zero-order valence-electron chi connectivity index (χ0n) is 6.78. The smallest absolute Gasteiger partial charge is 0.336 e. The molecule has 0 saturated carbocycles. The van der Waals surface area contributed by atoms with Crippen molar-refractivity contribution in [3.8, 4) is 0 Å². The van der Waals surface area contributed by atoms with Crippen LogP contribution in [0.15, 0.2) is 24.1 Å². The van der Waals surface area contributed by atoms with Crippen LogP contribution in [0.3, 0.4) is 0 Å². The normalized spacial score (nSPS) is 21.1. The van der Waals surface area contributed by atoms with Crippen LogP contribution in [0, 0.1) is 0 Å². The van der Waals surface area contributed by atoms with Crippen molar-refractivity contribution >= 4 is 5.97 Å². The van der Waals surface area contributed by atoms with Crippen LogP contribution in [0.5, 0.6) is 0 Å². The van der Waals surface area contributed by atoms with Gasteiger partial charge < -0.3 is 15.2 Å². The van der Waals surface area contributed by atoms with Crippen LogP contribution >= 0.6 is 0 Å². The molecule has 0 amide bonds. The summed E-state index contributed by atoms with van der Waals surface area (Å²) in [5.41, 5.74) is 0. The zero-order valence-corrected chi connectivity index (χ0v) is 6.78. The number of dihydropyridines is 1. The van der Waals surface area contributed by atoms with Gasteiger partial charge in [0.25, 0.3) is 0 Å². The van der Waals surface area contributed by atoms with Gasteiger partial charge in [0.2, 0.25) is 0 Å². The fourth-order valence-corrected chi connectivity index (χ4v) is 0.894. The van der Waals surface area contributed by atoms with Gasteiger partial charge in [-0.25, -0.2) is 4.79 Å². The molecular formula is C8H11NO3. The molecule has 1 aliphatic heterocycles. The standard InChI is InChI=1S/C8H11NO3/c1-2-12-8(11)7-6(10)4-3-5-9-7/h3-5,7,9-10H,2H2,1H3. The van der Waals surface area contributed by atoms with Gasteiger partial charge in [0, 0.05) is 0 Å². The van der Waals surface area contributed by atoms with E-state index in [1.165, 1.54) is 6.08 Å². The minimum Gasteiger partial charge on any atom is -0.509 e. The number of hydrogen-bond donors (Lipinski definition) is 2. The van der Waals surface area contributed by atoms with Crippen molar-refractivity contribution in [3.63, 3.8) is 0 Å². The van der Waals surface area contributed by atoms with Crippen LogP contribution < -0.4 is 5.32 Å². The Labute approximate surface area is 70.5 Å². The summed E-state index contributed by atoms with van der Waals surface area (Å²) in [7, 11) is 0. The van der Waals surface area contributed by atoms with E-state index in [1.54, 1.807) is 19.2 Å². The van der Waals surface area contributed by atoms with Gasteiger partial charge >= 0.3 is 5.97 Å². The van der Waals surface area contributed by atoms with Crippen molar-refractivity contribution in [3.05, 3.63) is 24.1 Å². The van der Waals surface area contributed by atoms with Crippen molar-refractivity contribution < 1.29 is 14.6 Å². The summed E-state index contributed by atoms with van der Waals surface area (Å²) in [6, 6.07) is -0.741.